The van der Waals surface area contributed by atoms with Crippen LogP contribution < -0.4 is 5.32 Å². The van der Waals surface area contributed by atoms with E-state index in [1.54, 1.807) is 6.07 Å². The van der Waals surface area contributed by atoms with Gasteiger partial charge in [-0.25, -0.2) is 0 Å². The van der Waals surface area contributed by atoms with Gasteiger partial charge in [0.05, 0.1) is 0 Å². The second-order valence-electron chi connectivity index (χ2n) is 4.00. The molecule has 88 valence electrons. The Hall–Kier alpha value is -1.67. The molecular formula is C14H14ClNO. The van der Waals surface area contributed by atoms with Gasteiger partial charge in [0, 0.05) is 22.8 Å². The van der Waals surface area contributed by atoms with Gasteiger partial charge in [-0.2, -0.15) is 0 Å². The van der Waals surface area contributed by atoms with E-state index in [1.165, 1.54) is 0 Å². The standard InChI is InChI=1S/C14H14ClNO/c1-10-5-6-14(17)11(7-10)9-16-13-4-2-3-12(15)8-13/h2-8,16-17H,9H2,1H3. The van der Waals surface area contributed by atoms with Crippen LogP contribution in [0.1, 0.15) is 11.1 Å². The largest absolute Gasteiger partial charge is 0.508 e. The van der Waals surface area contributed by atoms with Gasteiger partial charge in [0.2, 0.25) is 0 Å². The molecule has 0 fully saturated rings. The first-order chi connectivity index (χ1) is 8.15. The molecule has 0 unspecified atom stereocenters. The van der Waals surface area contributed by atoms with Crippen LogP contribution in [0, 0.1) is 6.92 Å². The van der Waals surface area contributed by atoms with Crippen molar-refractivity contribution in [1.82, 2.24) is 0 Å². The molecule has 0 saturated carbocycles. The molecule has 0 heterocycles. The predicted molar refractivity (Wildman–Crippen MR) is 71.6 cm³/mol. The van der Waals surface area contributed by atoms with Crippen molar-refractivity contribution in [3.63, 3.8) is 0 Å². The number of rotatable bonds is 3. The monoisotopic (exact) mass is 247 g/mol. The zero-order valence-corrected chi connectivity index (χ0v) is 10.3. The molecule has 0 aliphatic rings. The maximum Gasteiger partial charge on any atom is 0.120 e. The summed E-state index contributed by atoms with van der Waals surface area (Å²) < 4.78 is 0. The van der Waals surface area contributed by atoms with Gasteiger partial charge in [-0.05, 0) is 31.2 Å². The number of nitrogens with one attached hydrogen (secondary N) is 1. The average Bonchev–Trinajstić information content (AvgIpc) is 2.30. The van der Waals surface area contributed by atoms with E-state index in [2.05, 4.69) is 5.32 Å². The minimum Gasteiger partial charge on any atom is -0.508 e. The van der Waals surface area contributed by atoms with Gasteiger partial charge in [0.1, 0.15) is 5.75 Å². The van der Waals surface area contributed by atoms with Crippen LogP contribution >= 0.6 is 11.6 Å². The summed E-state index contributed by atoms with van der Waals surface area (Å²) in [5, 5.41) is 13.6. The van der Waals surface area contributed by atoms with E-state index in [4.69, 9.17) is 11.6 Å². The molecule has 0 saturated heterocycles. The fourth-order valence-electron chi connectivity index (χ4n) is 1.65. The highest BCUT2D eigenvalue weighted by Crippen LogP contribution is 2.21. The SMILES string of the molecule is Cc1ccc(O)c(CNc2cccc(Cl)c2)c1. The number of halogens is 1. The molecule has 0 aliphatic heterocycles. The molecule has 2 rings (SSSR count). The van der Waals surface area contributed by atoms with E-state index >= 15 is 0 Å². The van der Waals surface area contributed by atoms with Crippen molar-refractivity contribution in [1.29, 1.82) is 0 Å². The minimum absolute atomic E-state index is 0.310. The Bertz CT molecular complexity index is 525. The Labute approximate surface area is 106 Å². The topological polar surface area (TPSA) is 32.3 Å². The van der Waals surface area contributed by atoms with E-state index < -0.39 is 0 Å². The fraction of sp³-hybridized carbons (Fsp3) is 0.143. The Morgan fingerprint density at radius 3 is 2.76 bits per heavy atom. The maximum absolute atomic E-state index is 9.70. The zero-order valence-electron chi connectivity index (χ0n) is 9.57. The Morgan fingerprint density at radius 2 is 2.00 bits per heavy atom. The summed E-state index contributed by atoms with van der Waals surface area (Å²) in [5.41, 5.74) is 2.95. The summed E-state index contributed by atoms with van der Waals surface area (Å²) in [6.45, 7) is 2.58. The van der Waals surface area contributed by atoms with Gasteiger partial charge in [-0.15, -0.1) is 0 Å². The first-order valence-corrected chi connectivity index (χ1v) is 5.81. The first-order valence-electron chi connectivity index (χ1n) is 5.43. The normalized spacial score (nSPS) is 10.2. The summed E-state index contributed by atoms with van der Waals surface area (Å²) in [5.74, 6) is 0.310. The third kappa shape index (κ3) is 3.14. The predicted octanol–water partition coefficient (Wildman–Crippen LogP) is 3.97. The fourth-order valence-corrected chi connectivity index (χ4v) is 1.84. The molecule has 2 nitrogen and oxygen atoms in total. The Kier molecular flexibility index (Phi) is 3.55. The molecule has 0 atom stereocenters. The summed E-state index contributed by atoms with van der Waals surface area (Å²) >= 11 is 5.89. The molecule has 0 amide bonds. The Morgan fingerprint density at radius 1 is 1.18 bits per heavy atom. The molecule has 2 N–H and O–H groups in total. The number of hydrogen-bond donors (Lipinski definition) is 2. The van der Waals surface area contributed by atoms with Crippen LogP contribution in [0.15, 0.2) is 42.5 Å². The quantitative estimate of drug-likeness (QED) is 0.860. The summed E-state index contributed by atoms with van der Waals surface area (Å²) in [6, 6.07) is 13.1. The van der Waals surface area contributed by atoms with E-state index in [0.717, 1.165) is 16.8 Å². The highest BCUT2D eigenvalue weighted by Gasteiger charge is 2.01. The lowest BCUT2D eigenvalue weighted by molar-refractivity contribution is 0.469. The third-order valence-electron chi connectivity index (χ3n) is 2.54. The van der Waals surface area contributed by atoms with Gasteiger partial charge in [0.15, 0.2) is 0 Å². The van der Waals surface area contributed by atoms with Crippen LogP contribution in [0.3, 0.4) is 0 Å². The lowest BCUT2D eigenvalue weighted by Gasteiger charge is -2.09. The Balaban J connectivity index is 2.09. The van der Waals surface area contributed by atoms with Crippen molar-refractivity contribution < 1.29 is 5.11 Å². The van der Waals surface area contributed by atoms with Gasteiger partial charge in [-0.3, -0.25) is 0 Å². The van der Waals surface area contributed by atoms with Crippen molar-refractivity contribution in [3.8, 4) is 5.75 Å². The van der Waals surface area contributed by atoms with Gasteiger partial charge < -0.3 is 10.4 Å². The number of aryl methyl sites for hydroxylation is 1. The second kappa shape index (κ2) is 5.11. The smallest absolute Gasteiger partial charge is 0.120 e. The molecule has 2 aromatic carbocycles. The highest BCUT2D eigenvalue weighted by molar-refractivity contribution is 6.30. The molecule has 3 heteroatoms. The molecule has 0 aromatic heterocycles. The van der Waals surface area contributed by atoms with Gasteiger partial charge in [0.25, 0.3) is 0 Å². The minimum atomic E-state index is 0.310. The molecule has 0 bridgehead atoms. The summed E-state index contributed by atoms with van der Waals surface area (Å²) in [7, 11) is 0. The average molecular weight is 248 g/mol. The van der Waals surface area contributed by atoms with Crippen molar-refractivity contribution in [2.45, 2.75) is 13.5 Å². The van der Waals surface area contributed by atoms with Crippen LogP contribution in [0.4, 0.5) is 5.69 Å². The lowest BCUT2D eigenvalue weighted by atomic mass is 10.1. The van der Waals surface area contributed by atoms with Gasteiger partial charge >= 0.3 is 0 Å². The van der Waals surface area contributed by atoms with Crippen molar-refractivity contribution in [3.05, 3.63) is 58.6 Å². The number of aromatic hydroxyl groups is 1. The van der Waals surface area contributed by atoms with Crippen LogP contribution in [0.25, 0.3) is 0 Å². The van der Waals surface area contributed by atoms with Gasteiger partial charge in [-0.1, -0.05) is 35.4 Å². The van der Waals surface area contributed by atoms with Crippen LogP contribution in [0.2, 0.25) is 5.02 Å². The van der Waals surface area contributed by atoms with Crippen molar-refractivity contribution in [2.75, 3.05) is 5.32 Å². The zero-order chi connectivity index (χ0) is 12.3. The summed E-state index contributed by atoms with van der Waals surface area (Å²) in [6.07, 6.45) is 0. The summed E-state index contributed by atoms with van der Waals surface area (Å²) in [4.78, 5) is 0. The number of anilines is 1. The molecule has 17 heavy (non-hydrogen) atoms. The molecule has 2 aromatic rings. The first kappa shape index (κ1) is 11.8. The third-order valence-corrected chi connectivity index (χ3v) is 2.78. The maximum atomic E-state index is 9.70. The molecule has 0 aliphatic carbocycles. The van der Waals surface area contributed by atoms with E-state index in [1.807, 2.05) is 43.3 Å². The van der Waals surface area contributed by atoms with E-state index in [-0.39, 0.29) is 0 Å². The molecule has 0 radical (unpaired) electrons. The number of hydrogen-bond acceptors (Lipinski definition) is 2. The number of phenols is 1. The molecular weight excluding hydrogens is 234 g/mol. The van der Waals surface area contributed by atoms with Crippen molar-refractivity contribution >= 4 is 17.3 Å². The second-order valence-corrected chi connectivity index (χ2v) is 4.43. The van der Waals surface area contributed by atoms with Crippen LogP contribution in [-0.2, 0) is 6.54 Å². The van der Waals surface area contributed by atoms with Crippen LogP contribution in [-0.4, -0.2) is 5.11 Å². The van der Waals surface area contributed by atoms with E-state index in [9.17, 15) is 5.11 Å². The molecule has 0 spiro atoms. The van der Waals surface area contributed by atoms with Crippen molar-refractivity contribution in [2.24, 2.45) is 0 Å². The number of benzene rings is 2. The lowest BCUT2D eigenvalue weighted by Crippen LogP contribution is -1.99. The van der Waals surface area contributed by atoms with Crippen LogP contribution in [0.5, 0.6) is 5.75 Å². The number of phenolic OH excluding ortho intramolecular Hbond substituents is 1. The van der Waals surface area contributed by atoms with E-state index in [0.29, 0.717) is 17.3 Å². The highest BCUT2D eigenvalue weighted by atomic mass is 35.5.